The van der Waals surface area contributed by atoms with E-state index in [2.05, 4.69) is 0 Å². The van der Waals surface area contributed by atoms with Crippen LogP contribution in [0.2, 0.25) is 0 Å². The first kappa shape index (κ1) is 24.5. The molecule has 112 valence electrons. The summed E-state index contributed by atoms with van der Waals surface area (Å²) in [5, 5.41) is 19.9. The summed E-state index contributed by atoms with van der Waals surface area (Å²) in [6.45, 7) is 0. The first-order valence-corrected chi connectivity index (χ1v) is 8.06. The van der Waals surface area contributed by atoms with Gasteiger partial charge >= 0.3 is 0 Å². The molecule has 0 spiro atoms. The molecule has 0 fully saturated rings. The molecule has 9 heteroatoms. The molecular formula is C10H20N2O4PbS2-2. The summed E-state index contributed by atoms with van der Waals surface area (Å²) in [6, 6.07) is -1.59. The zero-order valence-electron chi connectivity index (χ0n) is 11.1. The van der Waals surface area contributed by atoms with Gasteiger partial charge in [-0.2, -0.15) is 23.5 Å². The SMILES string of the molecule is CSCCC(N)C(=O)[O-].CSCCC(N)C(=O)[O-].[Pb]. The molecule has 0 aliphatic rings. The van der Waals surface area contributed by atoms with Crippen LogP contribution in [-0.2, 0) is 9.59 Å². The quantitative estimate of drug-likeness (QED) is 0.341. The maximum atomic E-state index is 9.96. The van der Waals surface area contributed by atoms with Crippen molar-refractivity contribution in [3.05, 3.63) is 0 Å². The third-order valence-electron chi connectivity index (χ3n) is 1.87. The molecule has 2 unspecified atom stereocenters. The number of carboxylic acid groups (broad SMARTS) is 2. The van der Waals surface area contributed by atoms with Crippen LogP contribution in [0.5, 0.6) is 0 Å². The van der Waals surface area contributed by atoms with E-state index in [9.17, 15) is 19.8 Å². The number of hydrogen-bond donors (Lipinski definition) is 2. The van der Waals surface area contributed by atoms with Gasteiger partial charge in [0.15, 0.2) is 0 Å². The molecule has 0 aromatic carbocycles. The number of aliphatic carboxylic acids is 2. The Morgan fingerprint density at radius 2 is 1.21 bits per heavy atom. The van der Waals surface area contributed by atoms with E-state index in [0.29, 0.717) is 12.8 Å². The van der Waals surface area contributed by atoms with E-state index in [1.54, 1.807) is 23.5 Å². The minimum atomic E-state index is -1.16. The maximum absolute atomic E-state index is 9.96. The molecule has 0 aliphatic heterocycles. The smallest absolute Gasteiger partial charge is 0.0582 e. The zero-order valence-corrected chi connectivity index (χ0v) is 16.6. The van der Waals surface area contributed by atoms with Crippen LogP contribution >= 0.6 is 23.5 Å². The van der Waals surface area contributed by atoms with Gasteiger partial charge in [0.1, 0.15) is 0 Å². The predicted molar refractivity (Wildman–Crippen MR) is 77.7 cm³/mol. The average Bonchev–Trinajstić information content (AvgIpc) is 2.33. The molecule has 6 nitrogen and oxygen atoms in total. The number of rotatable bonds is 8. The second-order valence-electron chi connectivity index (χ2n) is 3.41. The molecule has 4 N–H and O–H groups in total. The fourth-order valence-corrected chi connectivity index (χ4v) is 1.70. The van der Waals surface area contributed by atoms with Crippen molar-refractivity contribution in [2.45, 2.75) is 24.9 Å². The maximum Gasteiger partial charge on any atom is 0.0582 e. The molecule has 0 saturated carbocycles. The van der Waals surface area contributed by atoms with Crippen molar-refractivity contribution in [2.75, 3.05) is 24.0 Å². The van der Waals surface area contributed by atoms with Crippen molar-refractivity contribution in [1.82, 2.24) is 0 Å². The minimum Gasteiger partial charge on any atom is -0.548 e. The van der Waals surface area contributed by atoms with Gasteiger partial charge < -0.3 is 31.3 Å². The Morgan fingerprint density at radius 1 is 0.947 bits per heavy atom. The summed E-state index contributed by atoms with van der Waals surface area (Å²) in [5.74, 6) is -0.780. The number of thioether (sulfide) groups is 2. The molecular weight excluding hydrogens is 483 g/mol. The standard InChI is InChI=1S/2C5H11NO2S.Pb/c2*1-9-3-2-4(6)5(7)8;/h2*4H,2-3,6H2,1H3,(H,7,8);/p-2. The van der Waals surface area contributed by atoms with Gasteiger partial charge in [-0.3, -0.25) is 0 Å². The van der Waals surface area contributed by atoms with Crippen LogP contribution in [-0.4, -0.2) is 75.3 Å². The summed E-state index contributed by atoms with van der Waals surface area (Å²) < 4.78 is 0. The van der Waals surface area contributed by atoms with E-state index in [1.165, 1.54) is 0 Å². The van der Waals surface area contributed by atoms with Crippen LogP contribution in [0.25, 0.3) is 0 Å². The molecule has 0 heterocycles. The molecule has 0 saturated heterocycles. The summed E-state index contributed by atoms with van der Waals surface area (Å²) in [6.07, 6.45) is 4.79. The van der Waals surface area contributed by atoms with Crippen molar-refractivity contribution >= 4 is 62.8 Å². The molecule has 0 rings (SSSR count). The summed E-state index contributed by atoms with van der Waals surface area (Å²) in [7, 11) is 0. The van der Waals surface area contributed by atoms with E-state index in [4.69, 9.17) is 11.5 Å². The first-order chi connectivity index (χ1) is 8.36. The van der Waals surface area contributed by atoms with Crippen LogP contribution in [0.1, 0.15) is 12.8 Å². The van der Waals surface area contributed by atoms with E-state index >= 15 is 0 Å². The molecule has 0 amide bonds. The second-order valence-corrected chi connectivity index (χ2v) is 5.39. The van der Waals surface area contributed by atoms with Crippen LogP contribution in [0.4, 0.5) is 0 Å². The van der Waals surface area contributed by atoms with Crippen LogP contribution in [0.15, 0.2) is 0 Å². The fourth-order valence-electron chi connectivity index (χ4n) is 0.725. The molecule has 2 atom stereocenters. The molecule has 0 aliphatic carbocycles. The topological polar surface area (TPSA) is 132 Å². The third-order valence-corrected chi connectivity index (χ3v) is 3.16. The summed E-state index contributed by atoms with van der Waals surface area (Å²) >= 11 is 3.15. The van der Waals surface area contributed by atoms with E-state index < -0.39 is 24.0 Å². The number of nitrogens with two attached hydrogens (primary N) is 2. The largest absolute Gasteiger partial charge is 0.548 e. The van der Waals surface area contributed by atoms with Crippen molar-refractivity contribution in [3.8, 4) is 0 Å². The van der Waals surface area contributed by atoms with E-state index in [0.717, 1.165) is 11.5 Å². The van der Waals surface area contributed by atoms with Gasteiger partial charge in [-0.25, -0.2) is 0 Å². The van der Waals surface area contributed by atoms with Crippen LogP contribution in [0, 0.1) is 0 Å². The van der Waals surface area contributed by atoms with E-state index in [1.807, 2.05) is 12.5 Å². The fraction of sp³-hybridized carbons (Fsp3) is 0.800. The monoisotopic (exact) mass is 504 g/mol. The average molecular weight is 504 g/mol. The Morgan fingerprint density at radius 3 is 1.37 bits per heavy atom. The summed E-state index contributed by atoms with van der Waals surface area (Å²) in [4.78, 5) is 19.9. The number of hydrogen-bond acceptors (Lipinski definition) is 8. The Hall–Kier alpha value is 0.482. The van der Waals surface area contributed by atoms with Crippen molar-refractivity contribution in [2.24, 2.45) is 11.5 Å². The molecule has 0 aromatic heterocycles. The normalized spacial score (nSPS) is 12.4. The van der Waals surface area contributed by atoms with Gasteiger partial charge in [0, 0.05) is 39.4 Å². The number of carbonyl (C=O) groups is 2. The Bertz CT molecular complexity index is 224. The van der Waals surface area contributed by atoms with Crippen molar-refractivity contribution in [3.63, 3.8) is 0 Å². The predicted octanol–water partition coefficient (Wildman–Crippen LogP) is -2.75. The zero-order chi connectivity index (χ0) is 14.6. The van der Waals surface area contributed by atoms with Crippen molar-refractivity contribution in [1.29, 1.82) is 0 Å². The van der Waals surface area contributed by atoms with Gasteiger partial charge in [0.05, 0.1) is 11.9 Å². The molecule has 4 radical (unpaired) electrons. The van der Waals surface area contributed by atoms with Crippen LogP contribution < -0.4 is 21.7 Å². The van der Waals surface area contributed by atoms with Gasteiger partial charge in [0.25, 0.3) is 0 Å². The van der Waals surface area contributed by atoms with Gasteiger partial charge in [0.2, 0.25) is 0 Å². The molecule has 0 bridgehead atoms. The van der Waals surface area contributed by atoms with E-state index in [-0.39, 0.29) is 27.3 Å². The minimum absolute atomic E-state index is 0. The van der Waals surface area contributed by atoms with Gasteiger partial charge in [-0.15, -0.1) is 0 Å². The van der Waals surface area contributed by atoms with Gasteiger partial charge in [-0.05, 0) is 36.9 Å². The Labute approximate surface area is 142 Å². The number of carboxylic acids is 2. The Kier molecular flexibility index (Phi) is 21.3. The van der Waals surface area contributed by atoms with Gasteiger partial charge in [-0.1, -0.05) is 0 Å². The molecule has 19 heavy (non-hydrogen) atoms. The number of carbonyl (C=O) groups excluding carboxylic acids is 2. The summed E-state index contributed by atoms with van der Waals surface area (Å²) in [5.41, 5.74) is 10.3. The first-order valence-electron chi connectivity index (χ1n) is 5.27. The third kappa shape index (κ3) is 18.5. The Balaban J connectivity index is -0.000000256. The molecule has 0 aromatic rings. The van der Waals surface area contributed by atoms with Crippen LogP contribution in [0.3, 0.4) is 0 Å². The van der Waals surface area contributed by atoms with Crippen molar-refractivity contribution < 1.29 is 19.8 Å². The second kappa shape index (κ2) is 16.5.